The Hall–Kier alpha value is -3.25. The number of benzene rings is 2. The third-order valence-corrected chi connectivity index (χ3v) is 4.16. The molecule has 3 rings (SSSR count). The van der Waals surface area contributed by atoms with Crippen LogP contribution in [0.25, 0.3) is 0 Å². The van der Waals surface area contributed by atoms with Crippen LogP contribution < -0.4 is 20.1 Å². The van der Waals surface area contributed by atoms with E-state index in [1.54, 1.807) is 37.6 Å². The van der Waals surface area contributed by atoms with Crippen molar-refractivity contribution in [2.45, 2.75) is 6.92 Å². The molecule has 0 aliphatic heterocycles. The van der Waals surface area contributed by atoms with Crippen molar-refractivity contribution in [3.05, 3.63) is 71.4 Å². The van der Waals surface area contributed by atoms with Crippen LogP contribution in [0.2, 0.25) is 5.02 Å². The molecular weight excluding hydrogens is 378 g/mol. The molecule has 1 aromatic heterocycles. The first-order valence-electron chi connectivity index (χ1n) is 8.60. The van der Waals surface area contributed by atoms with Crippen molar-refractivity contribution in [1.82, 2.24) is 4.98 Å². The van der Waals surface area contributed by atoms with E-state index in [1.165, 1.54) is 0 Å². The summed E-state index contributed by atoms with van der Waals surface area (Å²) in [4.78, 5) is 16.4. The van der Waals surface area contributed by atoms with Crippen LogP contribution in [0.4, 0.5) is 17.2 Å². The lowest BCUT2D eigenvalue weighted by Crippen LogP contribution is -2.20. The smallest absolute Gasteiger partial charge is 0.262 e. The van der Waals surface area contributed by atoms with E-state index in [0.29, 0.717) is 28.0 Å². The molecule has 0 aliphatic carbocycles. The molecule has 6 nitrogen and oxygen atoms in total. The van der Waals surface area contributed by atoms with E-state index < -0.39 is 0 Å². The minimum atomic E-state index is -0.290. The minimum absolute atomic E-state index is 0.135. The van der Waals surface area contributed by atoms with Gasteiger partial charge < -0.3 is 20.1 Å². The third kappa shape index (κ3) is 5.14. The third-order valence-electron chi connectivity index (χ3n) is 3.93. The molecule has 0 aliphatic rings. The van der Waals surface area contributed by atoms with Gasteiger partial charge in [0.25, 0.3) is 5.91 Å². The summed E-state index contributed by atoms with van der Waals surface area (Å²) in [5, 5.41) is 6.65. The molecule has 0 saturated heterocycles. The van der Waals surface area contributed by atoms with Crippen LogP contribution in [-0.2, 0) is 4.79 Å². The molecule has 0 atom stereocenters. The molecule has 7 heteroatoms. The van der Waals surface area contributed by atoms with Gasteiger partial charge in [0.2, 0.25) is 0 Å². The van der Waals surface area contributed by atoms with Gasteiger partial charge in [-0.2, -0.15) is 0 Å². The highest BCUT2D eigenvalue weighted by atomic mass is 35.5. The number of amides is 1. The monoisotopic (exact) mass is 397 g/mol. The molecule has 144 valence electrons. The van der Waals surface area contributed by atoms with E-state index in [-0.39, 0.29) is 12.5 Å². The number of rotatable bonds is 7. The number of methoxy groups -OCH3 is 1. The van der Waals surface area contributed by atoms with Gasteiger partial charge in [-0.3, -0.25) is 4.79 Å². The van der Waals surface area contributed by atoms with Crippen molar-refractivity contribution in [2.24, 2.45) is 0 Å². The van der Waals surface area contributed by atoms with Gasteiger partial charge in [0.05, 0.1) is 19.0 Å². The molecule has 28 heavy (non-hydrogen) atoms. The number of hydrogen-bond donors (Lipinski definition) is 2. The van der Waals surface area contributed by atoms with Gasteiger partial charge in [-0.1, -0.05) is 23.7 Å². The number of carbonyl (C=O) groups is 1. The highest BCUT2D eigenvalue weighted by Crippen LogP contribution is 2.26. The highest BCUT2D eigenvalue weighted by molar-refractivity contribution is 6.30. The van der Waals surface area contributed by atoms with Crippen molar-refractivity contribution in [1.29, 1.82) is 0 Å². The number of pyridine rings is 1. The van der Waals surface area contributed by atoms with Crippen LogP contribution in [0.15, 0.2) is 60.8 Å². The SMILES string of the molecule is COc1ccccc1OCC(=O)Nc1ccc(Nc2ccc(Cl)cc2C)nc1. The maximum atomic E-state index is 12.1. The Bertz CT molecular complexity index is 961. The first-order valence-corrected chi connectivity index (χ1v) is 8.98. The Morgan fingerprint density at radius 1 is 1.11 bits per heavy atom. The number of nitrogens with one attached hydrogen (secondary N) is 2. The van der Waals surface area contributed by atoms with Gasteiger partial charge in [-0.15, -0.1) is 0 Å². The number of halogens is 1. The summed E-state index contributed by atoms with van der Waals surface area (Å²) in [6.07, 6.45) is 1.58. The fourth-order valence-electron chi connectivity index (χ4n) is 2.53. The summed E-state index contributed by atoms with van der Waals surface area (Å²) in [5.41, 5.74) is 2.51. The molecule has 0 fully saturated rings. The average molecular weight is 398 g/mol. The van der Waals surface area contributed by atoms with E-state index in [1.807, 2.05) is 37.3 Å². The Labute approximate surface area is 168 Å². The lowest BCUT2D eigenvalue weighted by Gasteiger charge is -2.11. The van der Waals surface area contributed by atoms with Crippen molar-refractivity contribution >= 4 is 34.7 Å². The van der Waals surface area contributed by atoms with Gasteiger partial charge in [0, 0.05) is 10.7 Å². The van der Waals surface area contributed by atoms with Crippen molar-refractivity contribution in [3.63, 3.8) is 0 Å². The van der Waals surface area contributed by atoms with Crippen molar-refractivity contribution < 1.29 is 14.3 Å². The first kappa shape index (κ1) is 19.5. The number of para-hydroxylation sites is 2. The van der Waals surface area contributed by atoms with Gasteiger partial charge in [-0.25, -0.2) is 4.98 Å². The van der Waals surface area contributed by atoms with Gasteiger partial charge >= 0.3 is 0 Å². The maximum Gasteiger partial charge on any atom is 0.262 e. The van der Waals surface area contributed by atoms with E-state index in [0.717, 1.165) is 11.3 Å². The summed E-state index contributed by atoms with van der Waals surface area (Å²) in [6.45, 7) is 1.83. The van der Waals surface area contributed by atoms with Crippen LogP contribution in [0.1, 0.15) is 5.56 Å². The lowest BCUT2D eigenvalue weighted by molar-refractivity contribution is -0.118. The van der Waals surface area contributed by atoms with Crippen molar-refractivity contribution in [3.8, 4) is 11.5 Å². The van der Waals surface area contributed by atoms with Crippen LogP contribution in [-0.4, -0.2) is 24.6 Å². The normalized spacial score (nSPS) is 10.2. The standard InChI is InChI=1S/C21H20ClN3O3/c1-14-11-15(22)7-9-17(14)25-20-10-8-16(12-23-20)24-21(26)13-28-19-6-4-3-5-18(19)27-2/h3-12H,13H2,1-2H3,(H,23,25)(H,24,26). The number of anilines is 3. The largest absolute Gasteiger partial charge is 0.493 e. The zero-order valence-electron chi connectivity index (χ0n) is 15.5. The molecule has 1 heterocycles. The summed E-state index contributed by atoms with van der Waals surface area (Å²) in [5.74, 6) is 1.46. The first-order chi connectivity index (χ1) is 13.5. The number of carbonyl (C=O) groups excluding carboxylic acids is 1. The molecule has 1 amide bonds. The topological polar surface area (TPSA) is 72.5 Å². The molecule has 2 aromatic carbocycles. The number of aromatic nitrogens is 1. The molecule has 3 aromatic rings. The highest BCUT2D eigenvalue weighted by Gasteiger charge is 2.08. The Morgan fingerprint density at radius 3 is 2.57 bits per heavy atom. The summed E-state index contributed by atoms with van der Waals surface area (Å²) in [6, 6.07) is 16.3. The lowest BCUT2D eigenvalue weighted by atomic mass is 10.2. The summed E-state index contributed by atoms with van der Waals surface area (Å²) < 4.78 is 10.7. The zero-order chi connectivity index (χ0) is 19.9. The molecule has 0 saturated carbocycles. The van der Waals surface area contributed by atoms with Gasteiger partial charge in [-0.05, 0) is 55.0 Å². The van der Waals surface area contributed by atoms with E-state index in [4.69, 9.17) is 21.1 Å². The minimum Gasteiger partial charge on any atom is -0.493 e. The van der Waals surface area contributed by atoms with Crippen LogP contribution in [0, 0.1) is 6.92 Å². The second-order valence-corrected chi connectivity index (χ2v) is 6.44. The maximum absolute atomic E-state index is 12.1. The van der Waals surface area contributed by atoms with E-state index >= 15 is 0 Å². The molecule has 0 unspecified atom stereocenters. The number of hydrogen-bond acceptors (Lipinski definition) is 5. The second kappa shape index (κ2) is 9.10. The number of nitrogens with zero attached hydrogens (tertiary/aromatic N) is 1. The van der Waals surface area contributed by atoms with E-state index in [2.05, 4.69) is 15.6 Å². The summed E-state index contributed by atoms with van der Waals surface area (Å²) >= 11 is 5.97. The number of ether oxygens (including phenoxy) is 2. The predicted octanol–water partition coefficient (Wildman–Crippen LogP) is 4.81. The Kier molecular flexibility index (Phi) is 6.34. The summed E-state index contributed by atoms with van der Waals surface area (Å²) in [7, 11) is 1.55. The predicted molar refractivity (Wildman–Crippen MR) is 111 cm³/mol. The van der Waals surface area contributed by atoms with Crippen LogP contribution in [0.5, 0.6) is 11.5 Å². The number of aryl methyl sites for hydroxylation is 1. The molecule has 0 radical (unpaired) electrons. The Morgan fingerprint density at radius 2 is 1.89 bits per heavy atom. The molecule has 0 spiro atoms. The quantitative estimate of drug-likeness (QED) is 0.598. The van der Waals surface area contributed by atoms with Gasteiger partial charge in [0.15, 0.2) is 18.1 Å². The van der Waals surface area contributed by atoms with Crippen LogP contribution in [0.3, 0.4) is 0 Å². The molecular formula is C21H20ClN3O3. The second-order valence-electron chi connectivity index (χ2n) is 6.00. The Balaban J connectivity index is 1.55. The zero-order valence-corrected chi connectivity index (χ0v) is 16.3. The fraction of sp³-hybridized carbons (Fsp3) is 0.143. The van der Waals surface area contributed by atoms with E-state index in [9.17, 15) is 4.79 Å². The molecule has 2 N–H and O–H groups in total. The van der Waals surface area contributed by atoms with Crippen LogP contribution >= 0.6 is 11.6 Å². The fourth-order valence-corrected chi connectivity index (χ4v) is 2.75. The van der Waals surface area contributed by atoms with Gasteiger partial charge in [0.1, 0.15) is 5.82 Å². The average Bonchev–Trinajstić information content (AvgIpc) is 2.70. The van der Waals surface area contributed by atoms with Crippen molar-refractivity contribution in [2.75, 3.05) is 24.4 Å². The molecule has 0 bridgehead atoms.